The van der Waals surface area contributed by atoms with E-state index in [4.69, 9.17) is 0 Å². The molecular weight excluding hydrogens is 691 g/mol. The van der Waals surface area contributed by atoms with E-state index in [2.05, 4.69) is 31.3 Å². The van der Waals surface area contributed by atoms with Gasteiger partial charge in [0, 0.05) is 0 Å². The minimum Gasteiger partial charge on any atom is -0.394 e. The predicted octanol–water partition coefficient (Wildman–Crippen LogP) is 14.9. The molecule has 0 aliphatic heterocycles. The molecular formula is C51H99NO4. The van der Waals surface area contributed by atoms with Crippen LogP contribution < -0.4 is 5.32 Å². The van der Waals surface area contributed by atoms with Crippen LogP contribution in [0.4, 0.5) is 0 Å². The lowest BCUT2D eigenvalue weighted by Gasteiger charge is -2.21. The Hall–Kier alpha value is -1.17. The highest BCUT2D eigenvalue weighted by Gasteiger charge is 2.20. The van der Waals surface area contributed by atoms with E-state index < -0.39 is 18.2 Å². The van der Waals surface area contributed by atoms with E-state index in [9.17, 15) is 20.1 Å². The number of aliphatic hydroxyl groups is 3. The standard InChI is InChI=1S/C51H99NO4/c1-3-5-7-9-11-13-15-17-19-20-21-22-23-24-25-26-27-28-29-30-31-32-34-36-38-40-42-44-48(54)46-51(56)52-49(47-53)50(55)45-43-41-39-37-35-33-18-16-14-12-10-8-6-4-2/h35,37,43,45,48-50,53-55H,3-34,36,38-42,44,46-47H2,1-2H3,(H,52,56)/b37-35+,45-43+. The van der Waals surface area contributed by atoms with Crippen LogP contribution in [-0.4, -0.2) is 46.1 Å². The number of carbonyl (C=O) groups is 1. The number of nitrogens with one attached hydrogen (secondary N) is 1. The molecule has 3 unspecified atom stereocenters. The van der Waals surface area contributed by atoms with Crippen molar-refractivity contribution in [2.24, 2.45) is 0 Å². The third-order valence-corrected chi connectivity index (χ3v) is 11.7. The molecule has 0 rings (SSSR count). The molecule has 3 atom stereocenters. The third-order valence-electron chi connectivity index (χ3n) is 11.7. The van der Waals surface area contributed by atoms with Gasteiger partial charge in [0.1, 0.15) is 0 Å². The first-order valence-corrected chi connectivity index (χ1v) is 25.1. The summed E-state index contributed by atoms with van der Waals surface area (Å²) >= 11 is 0. The molecule has 5 heteroatoms. The summed E-state index contributed by atoms with van der Waals surface area (Å²) in [5, 5.41) is 33.3. The summed E-state index contributed by atoms with van der Waals surface area (Å²) in [6.07, 6.45) is 57.8. The van der Waals surface area contributed by atoms with Gasteiger partial charge in [-0.2, -0.15) is 0 Å². The monoisotopic (exact) mass is 790 g/mol. The van der Waals surface area contributed by atoms with E-state index in [1.54, 1.807) is 6.08 Å². The maximum absolute atomic E-state index is 12.5. The van der Waals surface area contributed by atoms with E-state index in [0.29, 0.717) is 6.42 Å². The second-order valence-corrected chi connectivity index (χ2v) is 17.4. The Balaban J connectivity index is 3.55. The van der Waals surface area contributed by atoms with Gasteiger partial charge < -0.3 is 20.6 Å². The minimum atomic E-state index is -0.948. The molecule has 1 amide bonds. The zero-order valence-electron chi connectivity index (χ0n) is 37.8. The van der Waals surface area contributed by atoms with Gasteiger partial charge in [-0.25, -0.2) is 0 Å². The van der Waals surface area contributed by atoms with Crippen molar-refractivity contribution in [2.45, 2.75) is 289 Å². The SMILES string of the molecule is CCCCCCCCCC/C=C/CC/C=C/C(O)C(CO)NC(=O)CC(O)CCCCCCCCCCCCCCCCCCCCCCCCCCCCC. The Morgan fingerprint density at radius 2 is 0.768 bits per heavy atom. The van der Waals surface area contributed by atoms with Crippen molar-refractivity contribution in [3.05, 3.63) is 24.3 Å². The normalized spacial score (nSPS) is 13.6. The fraction of sp³-hybridized carbons (Fsp3) is 0.902. The molecule has 0 saturated carbocycles. The lowest BCUT2D eigenvalue weighted by molar-refractivity contribution is -0.124. The second kappa shape index (κ2) is 46.5. The van der Waals surface area contributed by atoms with Crippen LogP contribution in [0.3, 0.4) is 0 Å². The Kier molecular flexibility index (Phi) is 45.5. The topological polar surface area (TPSA) is 89.8 Å². The summed E-state index contributed by atoms with van der Waals surface area (Å²) < 4.78 is 0. The second-order valence-electron chi connectivity index (χ2n) is 17.4. The fourth-order valence-corrected chi connectivity index (χ4v) is 7.89. The van der Waals surface area contributed by atoms with Gasteiger partial charge in [-0.1, -0.05) is 256 Å². The maximum Gasteiger partial charge on any atom is 0.222 e. The molecule has 0 aliphatic carbocycles. The third kappa shape index (κ3) is 42.4. The number of carbonyl (C=O) groups excluding carboxylic acids is 1. The number of unbranched alkanes of at least 4 members (excludes halogenated alkanes) is 35. The Morgan fingerprint density at radius 1 is 0.446 bits per heavy atom. The lowest BCUT2D eigenvalue weighted by Crippen LogP contribution is -2.45. The molecule has 0 aliphatic rings. The number of hydrogen-bond acceptors (Lipinski definition) is 4. The summed E-state index contributed by atoms with van der Waals surface area (Å²) in [6.45, 7) is 4.21. The lowest BCUT2D eigenvalue weighted by atomic mass is 10.0. The Bertz CT molecular complexity index is 829. The van der Waals surface area contributed by atoms with Gasteiger partial charge in [0.25, 0.3) is 0 Å². The first-order chi connectivity index (χ1) is 27.5. The average Bonchev–Trinajstić information content (AvgIpc) is 3.19. The highest BCUT2D eigenvalue weighted by molar-refractivity contribution is 5.76. The molecule has 0 aromatic carbocycles. The number of allylic oxidation sites excluding steroid dienone is 3. The molecule has 5 nitrogen and oxygen atoms in total. The molecule has 0 radical (unpaired) electrons. The number of hydrogen-bond donors (Lipinski definition) is 4. The van der Waals surface area contributed by atoms with Crippen LogP contribution in [0.2, 0.25) is 0 Å². The van der Waals surface area contributed by atoms with Crippen LogP contribution in [0.1, 0.15) is 271 Å². The smallest absolute Gasteiger partial charge is 0.222 e. The highest BCUT2D eigenvalue weighted by atomic mass is 16.3. The Morgan fingerprint density at radius 3 is 1.14 bits per heavy atom. The zero-order valence-corrected chi connectivity index (χ0v) is 37.8. The molecule has 0 aromatic heterocycles. The first-order valence-electron chi connectivity index (χ1n) is 25.1. The fourth-order valence-electron chi connectivity index (χ4n) is 7.89. The highest BCUT2D eigenvalue weighted by Crippen LogP contribution is 2.17. The van der Waals surface area contributed by atoms with Gasteiger partial charge in [0.2, 0.25) is 5.91 Å². The van der Waals surface area contributed by atoms with E-state index in [1.165, 1.54) is 212 Å². The average molecular weight is 790 g/mol. The summed E-state index contributed by atoms with van der Waals surface area (Å²) in [5.41, 5.74) is 0. The van der Waals surface area contributed by atoms with Crippen LogP contribution in [0.5, 0.6) is 0 Å². The van der Waals surface area contributed by atoms with Crippen molar-refractivity contribution in [3.8, 4) is 0 Å². The van der Waals surface area contributed by atoms with E-state index >= 15 is 0 Å². The first kappa shape index (κ1) is 54.8. The van der Waals surface area contributed by atoms with E-state index in [0.717, 1.165) is 32.1 Å². The van der Waals surface area contributed by atoms with Crippen LogP contribution >= 0.6 is 0 Å². The van der Waals surface area contributed by atoms with Crippen molar-refractivity contribution in [3.63, 3.8) is 0 Å². The Labute approximate surface area is 350 Å². The largest absolute Gasteiger partial charge is 0.394 e. The molecule has 0 bridgehead atoms. The van der Waals surface area contributed by atoms with Crippen molar-refractivity contribution < 1.29 is 20.1 Å². The molecule has 0 fully saturated rings. The van der Waals surface area contributed by atoms with E-state index in [-0.39, 0.29) is 18.9 Å². The maximum atomic E-state index is 12.5. The molecule has 0 heterocycles. The van der Waals surface area contributed by atoms with Crippen LogP contribution in [0, 0.1) is 0 Å². The molecule has 0 aromatic rings. The van der Waals surface area contributed by atoms with Gasteiger partial charge in [0.05, 0.1) is 31.3 Å². The van der Waals surface area contributed by atoms with Crippen LogP contribution in [-0.2, 0) is 4.79 Å². The van der Waals surface area contributed by atoms with Crippen molar-refractivity contribution in [2.75, 3.05) is 6.61 Å². The van der Waals surface area contributed by atoms with Gasteiger partial charge in [-0.15, -0.1) is 0 Å². The van der Waals surface area contributed by atoms with Crippen LogP contribution in [0.15, 0.2) is 24.3 Å². The summed E-state index contributed by atoms with van der Waals surface area (Å²) in [6, 6.07) is -0.757. The number of amides is 1. The van der Waals surface area contributed by atoms with Crippen molar-refractivity contribution >= 4 is 5.91 Å². The van der Waals surface area contributed by atoms with Gasteiger partial charge in [-0.3, -0.25) is 4.79 Å². The number of aliphatic hydroxyl groups excluding tert-OH is 3. The molecule has 0 spiro atoms. The predicted molar refractivity (Wildman–Crippen MR) is 245 cm³/mol. The summed E-state index contributed by atoms with van der Waals surface area (Å²) in [7, 11) is 0. The van der Waals surface area contributed by atoms with E-state index in [1.807, 2.05) is 6.08 Å². The molecule has 0 saturated heterocycles. The van der Waals surface area contributed by atoms with Crippen molar-refractivity contribution in [1.29, 1.82) is 0 Å². The van der Waals surface area contributed by atoms with Crippen LogP contribution in [0.25, 0.3) is 0 Å². The summed E-state index contributed by atoms with van der Waals surface area (Å²) in [4.78, 5) is 12.5. The minimum absolute atomic E-state index is 0.00998. The molecule has 56 heavy (non-hydrogen) atoms. The zero-order chi connectivity index (χ0) is 40.8. The van der Waals surface area contributed by atoms with Gasteiger partial charge in [0.15, 0.2) is 0 Å². The quantitative estimate of drug-likeness (QED) is 0.0365. The van der Waals surface area contributed by atoms with Gasteiger partial charge >= 0.3 is 0 Å². The molecule has 4 N–H and O–H groups in total. The molecule has 332 valence electrons. The van der Waals surface area contributed by atoms with Gasteiger partial charge in [-0.05, 0) is 32.1 Å². The van der Waals surface area contributed by atoms with Crippen molar-refractivity contribution in [1.82, 2.24) is 5.32 Å². The summed E-state index contributed by atoms with van der Waals surface area (Å²) in [5.74, 6) is -0.321. The number of rotatable bonds is 46.